The van der Waals surface area contributed by atoms with Gasteiger partial charge in [0, 0.05) is 17.7 Å². The third-order valence-electron chi connectivity index (χ3n) is 5.19. The zero-order valence-electron chi connectivity index (χ0n) is 17.3. The number of benzene rings is 2. The first kappa shape index (κ1) is 22.6. The molecule has 7 nitrogen and oxygen atoms in total. The topological polar surface area (TPSA) is 86.2 Å². The lowest BCUT2D eigenvalue weighted by Crippen LogP contribution is -2.44. The number of hydrogen-bond acceptors (Lipinski definition) is 6. The summed E-state index contributed by atoms with van der Waals surface area (Å²) in [4.78, 5) is 3.80. The predicted molar refractivity (Wildman–Crippen MR) is 106 cm³/mol. The van der Waals surface area contributed by atoms with Gasteiger partial charge in [0.1, 0.15) is 53.8 Å². The summed E-state index contributed by atoms with van der Waals surface area (Å²) in [5, 5.41) is 19.0. The fourth-order valence-electron chi connectivity index (χ4n) is 3.42. The van der Waals surface area contributed by atoms with Crippen LogP contribution < -0.4 is 0 Å². The van der Waals surface area contributed by atoms with E-state index in [9.17, 15) is 22.7 Å². The molecule has 4 rings (SSSR count). The smallest absolute Gasteiger partial charge is 0.163 e. The third-order valence-corrected chi connectivity index (χ3v) is 5.19. The van der Waals surface area contributed by atoms with Crippen LogP contribution in [0.5, 0.6) is 0 Å². The van der Waals surface area contributed by atoms with Crippen LogP contribution in [0.2, 0.25) is 0 Å². The molecule has 0 bridgehead atoms. The standard InChI is InChI=1S/C22H18F4N4O3/c1-13(32-9-15-8-20(29-33-15)21-17(24)3-2-4-18(21)25)22(31,10-30-12-27-11-28-30)16-6-5-14(23)7-19(16)26/h2-8,11-13,31H,9-10H2,1H3/t13-,22-/m1/s1. The van der Waals surface area contributed by atoms with Gasteiger partial charge in [-0.15, -0.1) is 0 Å². The number of rotatable bonds is 8. The molecule has 1 N–H and O–H groups in total. The summed E-state index contributed by atoms with van der Waals surface area (Å²) in [7, 11) is 0. The van der Waals surface area contributed by atoms with Gasteiger partial charge in [0.15, 0.2) is 5.76 Å². The Morgan fingerprint density at radius 1 is 1.09 bits per heavy atom. The van der Waals surface area contributed by atoms with Crippen molar-refractivity contribution in [2.45, 2.75) is 31.8 Å². The van der Waals surface area contributed by atoms with E-state index in [0.29, 0.717) is 6.07 Å². The molecule has 11 heteroatoms. The van der Waals surface area contributed by atoms with Gasteiger partial charge < -0.3 is 14.4 Å². The highest BCUT2D eigenvalue weighted by Gasteiger charge is 2.40. The van der Waals surface area contributed by atoms with Crippen LogP contribution in [0.1, 0.15) is 18.2 Å². The quantitative estimate of drug-likeness (QED) is 0.399. The highest BCUT2D eigenvalue weighted by atomic mass is 19.1. The molecule has 172 valence electrons. The second kappa shape index (κ2) is 9.12. The zero-order valence-corrected chi connectivity index (χ0v) is 17.3. The lowest BCUT2D eigenvalue weighted by molar-refractivity contribution is -0.126. The van der Waals surface area contributed by atoms with Crippen molar-refractivity contribution in [3.63, 3.8) is 0 Å². The van der Waals surface area contributed by atoms with Gasteiger partial charge in [-0.25, -0.2) is 27.2 Å². The Balaban J connectivity index is 1.57. The summed E-state index contributed by atoms with van der Waals surface area (Å²) in [6.45, 7) is 0.971. The highest BCUT2D eigenvalue weighted by Crippen LogP contribution is 2.32. The van der Waals surface area contributed by atoms with Crippen LogP contribution in [0.15, 0.2) is 59.6 Å². The van der Waals surface area contributed by atoms with Crippen molar-refractivity contribution < 1.29 is 31.9 Å². The molecule has 0 fully saturated rings. The van der Waals surface area contributed by atoms with E-state index in [0.717, 1.165) is 24.3 Å². The minimum Gasteiger partial charge on any atom is -0.380 e. The lowest BCUT2D eigenvalue weighted by Gasteiger charge is -2.34. The Labute approximate surface area is 185 Å². The van der Waals surface area contributed by atoms with E-state index in [1.807, 2.05) is 0 Å². The molecule has 2 heterocycles. The van der Waals surface area contributed by atoms with Crippen LogP contribution in [0.4, 0.5) is 17.6 Å². The van der Waals surface area contributed by atoms with E-state index >= 15 is 0 Å². The molecule has 33 heavy (non-hydrogen) atoms. The number of halogens is 4. The molecule has 2 aromatic heterocycles. The first-order valence-corrected chi connectivity index (χ1v) is 9.80. The first-order chi connectivity index (χ1) is 15.8. The number of aliphatic hydroxyl groups is 1. The third kappa shape index (κ3) is 4.64. The molecule has 0 aliphatic carbocycles. The summed E-state index contributed by atoms with van der Waals surface area (Å²) < 4.78 is 68.0. The first-order valence-electron chi connectivity index (χ1n) is 9.80. The zero-order chi connectivity index (χ0) is 23.6. The lowest BCUT2D eigenvalue weighted by atomic mass is 9.88. The fourth-order valence-corrected chi connectivity index (χ4v) is 3.42. The Kier molecular flexibility index (Phi) is 6.25. The van der Waals surface area contributed by atoms with E-state index < -0.39 is 35.0 Å². The molecule has 0 radical (unpaired) electrons. The monoisotopic (exact) mass is 462 g/mol. The molecule has 0 unspecified atom stereocenters. The molecular weight excluding hydrogens is 444 g/mol. The van der Waals surface area contributed by atoms with E-state index in [1.165, 1.54) is 36.4 Å². The van der Waals surface area contributed by atoms with Crippen LogP contribution in [0.25, 0.3) is 11.3 Å². The molecule has 0 saturated heterocycles. The van der Waals surface area contributed by atoms with Gasteiger partial charge in [-0.3, -0.25) is 0 Å². The molecule has 0 aliphatic heterocycles. The Hall–Kier alpha value is -3.57. The molecule has 4 aromatic rings. The van der Waals surface area contributed by atoms with Crippen molar-refractivity contribution in [1.29, 1.82) is 0 Å². The van der Waals surface area contributed by atoms with Crippen LogP contribution in [0, 0.1) is 23.3 Å². The number of ether oxygens (including phenoxy) is 1. The van der Waals surface area contributed by atoms with Crippen molar-refractivity contribution in [2.24, 2.45) is 0 Å². The molecule has 0 spiro atoms. The number of hydrogen-bond donors (Lipinski definition) is 1. The van der Waals surface area contributed by atoms with Crippen LogP contribution in [-0.2, 0) is 23.5 Å². The maximum absolute atomic E-state index is 14.6. The van der Waals surface area contributed by atoms with Gasteiger partial charge in [-0.1, -0.05) is 17.3 Å². The average molecular weight is 462 g/mol. The van der Waals surface area contributed by atoms with Gasteiger partial charge in [-0.05, 0) is 25.1 Å². The second-order valence-electron chi connectivity index (χ2n) is 7.37. The van der Waals surface area contributed by atoms with Crippen molar-refractivity contribution in [1.82, 2.24) is 19.9 Å². The number of nitrogens with zero attached hydrogens (tertiary/aromatic N) is 4. The van der Waals surface area contributed by atoms with Crippen LogP contribution in [0.3, 0.4) is 0 Å². The maximum atomic E-state index is 14.6. The van der Waals surface area contributed by atoms with E-state index in [-0.39, 0.29) is 35.7 Å². The maximum Gasteiger partial charge on any atom is 0.163 e. The molecule has 2 aromatic carbocycles. The summed E-state index contributed by atoms with van der Waals surface area (Å²) in [6.07, 6.45) is 1.50. The van der Waals surface area contributed by atoms with E-state index in [2.05, 4.69) is 15.2 Å². The predicted octanol–water partition coefficient (Wildman–Crippen LogP) is 3.98. The highest BCUT2D eigenvalue weighted by molar-refractivity contribution is 5.60. The SMILES string of the molecule is C[C@@H](OCc1cc(-c2c(F)cccc2F)no1)[C@](O)(Cn1cncn1)c1ccc(F)cc1F. The minimum atomic E-state index is -1.98. The largest absolute Gasteiger partial charge is 0.380 e. The Morgan fingerprint density at radius 2 is 1.85 bits per heavy atom. The number of aromatic nitrogens is 4. The van der Waals surface area contributed by atoms with Crippen molar-refractivity contribution in [2.75, 3.05) is 0 Å². The fraction of sp³-hybridized carbons (Fsp3) is 0.227. The minimum absolute atomic E-state index is 0.0701. The van der Waals surface area contributed by atoms with Gasteiger partial charge in [0.25, 0.3) is 0 Å². The molecule has 0 amide bonds. The van der Waals surface area contributed by atoms with Crippen molar-refractivity contribution >= 4 is 0 Å². The Morgan fingerprint density at radius 3 is 2.52 bits per heavy atom. The van der Waals surface area contributed by atoms with Crippen LogP contribution >= 0.6 is 0 Å². The van der Waals surface area contributed by atoms with Crippen molar-refractivity contribution in [3.8, 4) is 11.3 Å². The summed E-state index contributed by atoms with van der Waals surface area (Å²) in [5.74, 6) is -3.27. The summed E-state index contributed by atoms with van der Waals surface area (Å²) in [5.41, 5.74) is -2.61. The van der Waals surface area contributed by atoms with Crippen LogP contribution in [-0.4, -0.2) is 31.1 Å². The average Bonchev–Trinajstić information content (AvgIpc) is 3.44. The molecule has 2 atom stereocenters. The van der Waals surface area contributed by atoms with E-state index in [4.69, 9.17) is 9.26 Å². The Bertz CT molecular complexity index is 1230. The van der Waals surface area contributed by atoms with Gasteiger partial charge >= 0.3 is 0 Å². The van der Waals surface area contributed by atoms with Crippen molar-refractivity contribution in [3.05, 3.63) is 89.7 Å². The van der Waals surface area contributed by atoms with E-state index in [1.54, 1.807) is 0 Å². The van der Waals surface area contributed by atoms with Gasteiger partial charge in [0.2, 0.25) is 0 Å². The summed E-state index contributed by atoms with van der Waals surface area (Å²) >= 11 is 0. The normalized spacial score (nSPS) is 14.2. The molecular formula is C22H18F4N4O3. The second-order valence-corrected chi connectivity index (χ2v) is 7.37. The van der Waals surface area contributed by atoms with Gasteiger partial charge in [0.05, 0.1) is 18.2 Å². The van der Waals surface area contributed by atoms with Gasteiger partial charge in [-0.2, -0.15) is 5.10 Å². The molecule has 0 aliphatic rings. The summed E-state index contributed by atoms with van der Waals surface area (Å²) in [6, 6.07) is 7.49. The molecule has 0 saturated carbocycles.